The van der Waals surface area contributed by atoms with E-state index < -0.39 is 19.9 Å². The Hall–Kier alpha value is -1.62. The number of allylic oxidation sites excluding steroid dienone is 1. The van der Waals surface area contributed by atoms with E-state index in [0.29, 0.717) is 0 Å². The molecule has 1 aromatic rings. The molecule has 0 bridgehead atoms. The van der Waals surface area contributed by atoms with Gasteiger partial charge in [-0.2, -0.15) is 0 Å². The van der Waals surface area contributed by atoms with Crippen LogP contribution < -0.4 is 0 Å². The Morgan fingerprint density at radius 3 is 2.29 bits per heavy atom. The van der Waals surface area contributed by atoms with Gasteiger partial charge in [-0.1, -0.05) is 30.3 Å². The minimum absolute atomic E-state index is 0.0762. The van der Waals surface area contributed by atoms with Crippen molar-refractivity contribution in [3.05, 3.63) is 47.7 Å². The van der Waals surface area contributed by atoms with Crippen molar-refractivity contribution in [3.63, 3.8) is 0 Å². The molecule has 1 rings (SSSR count). The van der Waals surface area contributed by atoms with E-state index in [1.165, 1.54) is 21.1 Å². The number of benzene rings is 1. The molecule has 0 aromatic heterocycles. The second kappa shape index (κ2) is 7.98. The monoisotopic (exact) mass is 314 g/mol. The summed E-state index contributed by atoms with van der Waals surface area (Å²) in [5.74, 6) is -0.532. The van der Waals surface area contributed by atoms with Crippen LogP contribution in [0.1, 0.15) is 25.5 Å². The van der Waals surface area contributed by atoms with Gasteiger partial charge in [-0.25, -0.2) is 9.36 Å². The summed E-state index contributed by atoms with van der Waals surface area (Å²) in [7, 11) is -1.29. The van der Waals surface area contributed by atoms with Crippen LogP contribution in [0.3, 0.4) is 0 Å². The zero-order valence-electron chi connectivity index (χ0n) is 12.4. The van der Waals surface area contributed by atoms with E-state index in [-0.39, 0.29) is 5.76 Å². The smallest absolute Gasteiger partial charge is 0.455 e. The highest BCUT2D eigenvalue weighted by Gasteiger charge is 2.24. The molecule has 0 aliphatic carbocycles. The van der Waals surface area contributed by atoms with E-state index in [1.54, 1.807) is 6.92 Å². The Bertz CT molecular complexity index is 532. The maximum atomic E-state index is 11.7. The molecule has 21 heavy (non-hydrogen) atoms. The van der Waals surface area contributed by atoms with Crippen molar-refractivity contribution in [1.82, 2.24) is 0 Å². The molecule has 116 valence electrons. The number of carbonyl (C=O) groups is 1. The van der Waals surface area contributed by atoms with E-state index in [4.69, 9.17) is 9.26 Å². The summed E-state index contributed by atoms with van der Waals surface area (Å²) in [6.45, 7) is 3.21. The molecule has 6 nitrogen and oxygen atoms in total. The normalized spacial score (nSPS) is 13.6. The molecular weight excluding hydrogens is 295 g/mol. The molecular formula is C14H19O6P. The average molecular weight is 314 g/mol. The maximum Gasteiger partial charge on any atom is 0.529 e. The molecule has 0 fully saturated rings. The first-order chi connectivity index (χ1) is 9.90. The molecule has 0 heterocycles. The fourth-order valence-corrected chi connectivity index (χ4v) is 2.22. The molecule has 0 aliphatic heterocycles. The fraction of sp³-hybridized carbons (Fsp3) is 0.357. The number of rotatable bonds is 7. The standard InChI is InChI=1S/C14H19O6P/c1-11(20-21(16,17-3)18-4)10-14(15)19-12(2)13-8-6-5-7-9-13/h5-10,12H,1-4H3/b11-10+/t12-/m1/s1. The first-order valence-corrected chi connectivity index (χ1v) is 7.71. The van der Waals surface area contributed by atoms with Crippen molar-refractivity contribution in [1.29, 1.82) is 0 Å². The number of ether oxygens (including phenoxy) is 1. The van der Waals surface area contributed by atoms with E-state index >= 15 is 0 Å². The van der Waals surface area contributed by atoms with Crippen molar-refractivity contribution in [2.24, 2.45) is 0 Å². The molecule has 0 aliphatic rings. The predicted molar refractivity (Wildman–Crippen MR) is 77.4 cm³/mol. The number of esters is 1. The highest BCUT2D eigenvalue weighted by atomic mass is 31.2. The van der Waals surface area contributed by atoms with Crippen LogP contribution in [0.15, 0.2) is 42.2 Å². The second-order valence-corrected chi connectivity index (χ2v) is 5.96. The molecule has 1 atom stereocenters. The lowest BCUT2D eigenvalue weighted by Gasteiger charge is -2.15. The van der Waals surface area contributed by atoms with Crippen LogP contribution in [0.2, 0.25) is 0 Å². The minimum atomic E-state index is -3.66. The molecule has 0 saturated carbocycles. The average Bonchev–Trinajstić information content (AvgIpc) is 2.47. The van der Waals surface area contributed by atoms with Gasteiger partial charge < -0.3 is 9.26 Å². The Labute approximate surface area is 124 Å². The second-order valence-electron chi connectivity index (χ2n) is 4.15. The lowest BCUT2D eigenvalue weighted by molar-refractivity contribution is -0.142. The van der Waals surface area contributed by atoms with Crippen LogP contribution in [-0.2, 0) is 27.7 Å². The van der Waals surface area contributed by atoms with Gasteiger partial charge in [0.15, 0.2) is 0 Å². The van der Waals surface area contributed by atoms with Gasteiger partial charge in [-0.3, -0.25) is 9.05 Å². The van der Waals surface area contributed by atoms with Crippen LogP contribution in [0, 0.1) is 0 Å². The zero-order chi connectivity index (χ0) is 15.9. The maximum absolute atomic E-state index is 11.7. The summed E-state index contributed by atoms with van der Waals surface area (Å²) in [4.78, 5) is 11.7. The topological polar surface area (TPSA) is 71.1 Å². The number of carbonyl (C=O) groups excluding carboxylic acids is 1. The largest absolute Gasteiger partial charge is 0.529 e. The minimum Gasteiger partial charge on any atom is -0.455 e. The van der Waals surface area contributed by atoms with E-state index in [0.717, 1.165) is 11.6 Å². The van der Waals surface area contributed by atoms with Crippen LogP contribution >= 0.6 is 7.82 Å². The Balaban J connectivity index is 2.64. The predicted octanol–water partition coefficient (Wildman–Crippen LogP) is 3.61. The Morgan fingerprint density at radius 1 is 1.19 bits per heavy atom. The van der Waals surface area contributed by atoms with Gasteiger partial charge in [-0.15, -0.1) is 0 Å². The summed E-state index contributed by atoms with van der Waals surface area (Å²) in [5, 5.41) is 0. The van der Waals surface area contributed by atoms with Crippen molar-refractivity contribution in [2.45, 2.75) is 20.0 Å². The molecule has 1 aromatic carbocycles. The van der Waals surface area contributed by atoms with Gasteiger partial charge in [0.05, 0.1) is 6.08 Å². The first kappa shape index (κ1) is 17.4. The van der Waals surface area contributed by atoms with Crippen LogP contribution in [-0.4, -0.2) is 20.2 Å². The third kappa shape index (κ3) is 5.71. The van der Waals surface area contributed by atoms with Crippen LogP contribution in [0.4, 0.5) is 0 Å². The lowest BCUT2D eigenvalue weighted by Crippen LogP contribution is -2.07. The van der Waals surface area contributed by atoms with E-state index in [9.17, 15) is 9.36 Å². The van der Waals surface area contributed by atoms with E-state index in [2.05, 4.69) is 9.05 Å². The quantitative estimate of drug-likeness (QED) is 0.331. The molecule has 0 N–H and O–H groups in total. The summed E-state index contributed by atoms with van der Waals surface area (Å²) < 4.78 is 31.1. The van der Waals surface area contributed by atoms with E-state index in [1.807, 2.05) is 30.3 Å². The Morgan fingerprint density at radius 2 is 1.76 bits per heavy atom. The van der Waals surface area contributed by atoms with Gasteiger partial charge in [0, 0.05) is 14.2 Å². The molecule has 0 unspecified atom stereocenters. The van der Waals surface area contributed by atoms with Crippen molar-refractivity contribution >= 4 is 13.8 Å². The fourth-order valence-electron chi connectivity index (χ4n) is 1.52. The van der Waals surface area contributed by atoms with Gasteiger partial charge >= 0.3 is 13.8 Å². The number of phosphoric acid groups is 1. The molecule has 0 radical (unpaired) electrons. The SMILES string of the molecule is COP(=O)(OC)O/C(C)=C/C(=O)O[C@H](C)c1ccccc1. The summed E-state index contributed by atoms with van der Waals surface area (Å²) in [6, 6.07) is 9.31. The third-order valence-electron chi connectivity index (χ3n) is 2.59. The van der Waals surface area contributed by atoms with Crippen molar-refractivity contribution < 1.29 is 27.7 Å². The summed E-state index contributed by atoms with van der Waals surface area (Å²) >= 11 is 0. The number of hydrogen-bond acceptors (Lipinski definition) is 6. The van der Waals surface area contributed by atoms with Crippen molar-refractivity contribution in [2.75, 3.05) is 14.2 Å². The molecule has 0 amide bonds. The molecule has 0 saturated heterocycles. The zero-order valence-corrected chi connectivity index (χ0v) is 13.3. The van der Waals surface area contributed by atoms with Gasteiger partial charge in [0.2, 0.25) is 0 Å². The van der Waals surface area contributed by atoms with Gasteiger partial charge in [-0.05, 0) is 19.4 Å². The highest BCUT2D eigenvalue weighted by molar-refractivity contribution is 7.48. The summed E-state index contributed by atoms with van der Waals surface area (Å²) in [6.07, 6.45) is 0.684. The molecule has 7 heteroatoms. The van der Waals surface area contributed by atoms with Crippen LogP contribution in [0.25, 0.3) is 0 Å². The van der Waals surface area contributed by atoms with Gasteiger partial charge in [0.1, 0.15) is 11.9 Å². The van der Waals surface area contributed by atoms with Gasteiger partial charge in [0.25, 0.3) is 0 Å². The lowest BCUT2D eigenvalue weighted by atomic mass is 10.1. The number of phosphoric ester groups is 1. The third-order valence-corrected chi connectivity index (χ3v) is 3.99. The van der Waals surface area contributed by atoms with Crippen LogP contribution in [0.5, 0.6) is 0 Å². The first-order valence-electron chi connectivity index (χ1n) is 6.25. The van der Waals surface area contributed by atoms with Crippen molar-refractivity contribution in [3.8, 4) is 0 Å². The summed E-state index contributed by atoms with van der Waals surface area (Å²) in [5.41, 5.74) is 0.872. The Kier molecular flexibility index (Phi) is 6.62. The number of hydrogen-bond donors (Lipinski definition) is 0. The molecule has 0 spiro atoms. The highest BCUT2D eigenvalue weighted by Crippen LogP contribution is 2.49.